The Morgan fingerprint density at radius 1 is 1.37 bits per heavy atom. The molecule has 19 heavy (non-hydrogen) atoms. The maximum Gasteiger partial charge on any atom is 0.306 e. The maximum absolute atomic E-state index is 11.8. The van der Waals surface area contributed by atoms with Crippen molar-refractivity contribution in [1.29, 1.82) is 0 Å². The van der Waals surface area contributed by atoms with Crippen LogP contribution in [0.15, 0.2) is 17.0 Å². The summed E-state index contributed by atoms with van der Waals surface area (Å²) in [6.07, 6.45) is 1.20. The lowest BCUT2D eigenvalue weighted by molar-refractivity contribution is -0.141. The Hall–Kier alpha value is -1.76. The third kappa shape index (κ3) is 2.81. The molecular formula is C12H14O6S. The predicted molar refractivity (Wildman–Crippen MR) is 66.2 cm³/mol. The van der Waals surface area contributed by atoms with Gasteiger partial charge in [0.2, 0.25) is 6.79 Å². The van der Waals surface area contributed by atoms with Gasteiger partial charge in [-0.25, -0.2) is 8.42 Å². The summed E-state index contributed by atoms with van der Waals surface area (Å²) in [5, 5.41) is 8.93. The molecule has 1 atom stereocenters. The van der Waals surface area contributed by atoms with E-state index in [0.717, 1.165) is 6.26 Å². The largest absolute Gasteiger partial charge is 0.481 e. The average Bonchev–Trinajstić information content (AvgIpc) is 2.73. The molecule has 1 aromatic rings. The van der Waals surface area contributed by atoms with Crippen molar-refractivity contribution in [1.82, 2.24) is 0 Å². The molecule has 2 rings (SSSR count). The SMILES string of the molecule is CC(Cc1cc2c(cc1S(C)(=O)=O)OCO2)C(=O)O. The summed E-state index contributed by atoms with van der Waals surface area (Å²) in [4.78, 5) is 11.0. The quantitative estimate of drug-likeness (QED) is 0.890. The van der Waals surface area contributed by atoms with Gasteiger partial charge in [-0.2, -0.15) is 0 Å². The van der Waals surface area contributed by atoms with Crippen LogP contribution in [0.1, 0.15) is 12.5 Å². The molecule has 0 spiro atoms. The zero-order valence-electron chi connectivity index (χ0n) is 10.5. The van der Waals surface area contributed by atoms with E-state index in [4.69, 9.17) is 14.6 Å². The van der Waals surface area contributed by atoms with E-state index in [1.807, 2.05) is 0 Å². The Morgan fingerprint density at radius 3 is 2.47 bits per heavy atom. The molecule has 0 bridgehead atoms. The summed E-state index contributed by atoms with van der Waals surface area (Å²) < 4.78 is 33.8. The highest BCUT2D eigenvalue weighted by molar-refractivity contribution is 7.90. The molecule has 0 saturated heterocycles. The fourth-order valence-electron chi connectivity index (χ4n) is 1.89. The Balaban J connectivity index is 2.49. The first kappa shape index (κ1) is 13.7. The first-order valence-corrected chi connectivity index (χ1v) is 7.53. The van der Waals surface area contributed by atoms with Gasteiger partial charge < -0.3 is 14.6 Å². The number of benzene rings is 1. The van der Waals surface area contributed by atoms with E-state index < -0.39 is 21.7 Å². The third-order valence-corrected chi connectivity index (χ3v) is 4.08. The average molecular weight is 286 g/mol. The van der Waals surface area contributed by atoms with Crippen molar-refractivity contribution in [3.05, 3.63) is 17.7 Å². The standard InChI is InChI=1S/C12H14O6S/c1-7(12(13)14)3-8-4-9-10(18-6-17-9)5-11(8)19(2,15)16/h4-5,7H,3,6H2,1-2H3,(H,13,14). The van der Waals surface area contributed by atoms with Gasteiger partial charge in [-0.05, 0) is 18.1 Å². The zero-order chi connectivity index (χ0) is 14.2. The highest BCUT2D eigenvalue weighted by atomic mass is 32.2. The number of aliphatic carboxylic acids is 1. The van der Waals surface area contributed by atoms with Crippen LogP contribution >= 0.6 is 0 Å². The van der Waals surface area contributed by atoms with Gasteiger partial charge in [0.1, 0.15) is 0 Å². The molecule has 1 aliphatic rings. The minimum Gasteiger partial charge on any atom is -0.481 e. The van der Waals surface area contributed by atoms with Crippen LogP contribution in [0.25, 0.3) is 0 Å². The minimum atomic E-state index is -3.45. The fourth-order valence-corrected chi connectivity index (χ4v) is 2.83. The predicted octanol–water partition coefficient (Wildman–Crippen LogP) is 1.08. The number of rotatable bonds is 4. The zero-order valence-corrected chi connectivity index (χ0v) is 11.4. The summed E-state index contributed by atoms with van der Waals surface area (Å²) in [5.41, 5.74) is 0.432. The Bertz CT molecular complexity index is 619. The monoisotopic (exact) mass is 286 g/mol. The Morgan fingerprint density at radius 2 is 1.95 bits per heavy atom. The molecule has 1 aromatic carbocycles. The highest BCUT2D eigenvalue weighted by Gasteiger charge is 2.24. The molecule has 1 aliphatic heterocycles. The highest BCUT2D eigenvalue weighted by Crippen LogP contribution is 2.37. The number of hydrogen-bond acceptors (Lipinski definition) is 5. The van der Waals surface area contributed by atoms with E-state index in [-0.39, 0.29) is 18.1 Å². The molecule has 0 fully saturated rings. The second-order valence-electron chi connectivity index (χ2n) is 4.53. The summed E-state index contributed by atoms with van der Waals surface area (Å²) in [6, 6.07) is 2.93. The lowest BCUT2D eigenvalue weighted by Gasteiger charge is -2.12. The van der Waals surface area contributed by atoms with Crippen molar-refractivity contribution in [2.75, 3.05) is 13.0 Å². The summed E-state index contributed by atoms with van der Waals surface area (Å²) in [6.45, 7) is 1.56. The van der Waals surface area contributed by atoms with Crippen LogP contribution in [0.4, 0.5) is 0 Å². The Kier molecular flexibility index (Phi) is 3.40. The third-order valence-electron chi connectivity index (χ3n) is 2.90. The van der Waals surface area contributed by atoms with Crippen molar-refractivity contribution in [2.45, 2.75) is 18.2 Å². The van der Waals surface area contributed by atoms with E-state index in [0.29, 0.717) is 17.1 Å². The molecule has 104 valence electrons. The summed E-state index contributed by atoms with van der Waals surface area (Å²) in [5.74, 6) is -0.842. The molecule has 1 heterocycles. The maximum atomic E-state index is 11.8. The normalized spacial score (nSPS) is 15.3. The molecule has 0 aliphatic carbocycles. The van der Waals surface area contributed by atoms with Crippen LogP contribution in [0.5, 0.6) is 11.5 Å². The number of sulfone groups is 1. The minimum absolute atomic E-state index is 0.0382. The lowest BCUT2D eigenvalue weighted by atomic mass is 10.0. The molecule has 7 heteroatoms. The second-order valence-corrected chi connectivity index (χ2v) is 6.51. The van der Waals surface area contributed by atoms with Crippen molar-refractivity contribution in [3.63, 3.8) is 0 Å². The molecule has 0 amide bonds. The molecule has 0 radical (unpaired) electrons. The van der Waals surface area contributed by atoms with Crippen molar-refractivity contribution in [3.8, 4) is 11.5 Å². The van der Waals surface area contributed by atoms with Crippen LogP contribution in [0.2, 0.25) is 0 Å². The van der Waals surface area contributed by atoms with Gasteiger partial charge in [0, 0.05) is 12.3 Å². The van der Waals surface area contributed by atoms with Crippen LogP contribution in [0, 0.1) is 5.92 Å². The number of hydrogen-bond donors (Lipinski definition) is 1. The van der Waals surface area contributed by atoms with Crippen LogP contribution < -0.4 is 9.47 Å². The van der Waals surface area contributed by atoms with Crippen LogP contribution in [-0.2, 0) is 21.1 Å². The molecular weight excluding hydrogens is 272 g/mol. The van der Waals surface area contributed by atoms with E-state index in [9.17, 15) is 13.2 Å². The number of fused-ring (bicyclic) bond motifs is 1. The van der Waals surface area contributed by atoms with Gasteiger partial charge in [-0.15, -0.1) is 0 Å². The van der Waals surface area contributed by atoms with E-state index in [2.05, 4.69) is 0 Å². The van der Waals surface area contributed by atoms with Gasteiger partial charge in [-0.3, -0.25) is 4.79 Å². The second kappa shape index (κ2) is 4.73. The van der Waals surface area contributed by atoms with Crippen molar-refractivity contribution in [2.24, 2.45) is 5.92 Å². The Labute approximate surface area is 110 Å². The summed E-state index contributed by atoms with van der Waals surface area (Å²) in [7, 11) is -3.45. The smallest absolute Gasteiger partial charge is 0.306 e. The van der Waals surface area contributed by atoms with Gasteiger partial charge in [0.25, 0.3) is 0 Å². The first-order valence-electron chi connectivity index (χ1n) is 5.64. The van der Waals surface area contributed by atoms with Crippen molar-refractivity contribution < 1.29 is 27.8 Å². The van der Waals surface area contributed by atoms with Crippen LogP contribution in [0.3, 0.4) is 0 Å². The van der Waals surface area contributed by atoms with E-state index in [1.165, 1.54) is 19.1 Å². The van der Waals surface area contributed by atoms with E-state index >= 15 is 0 Å². The lowest BCUT2D eigenvalue weighted by Crippen LogP contribution is -2.14. The van der Waals surface area contributed by atoms with Crippen LogP contribution in [-0.4, -0.2) is 32.5 Å². The van der Waals surface area contributed by atoms with Gasteiger partial charge in [-0.1, -0.05) is 6.92 Å². The number of carbonyl (C=O) groups is 1. The molecule has 1 N–H and O–H groups in total. The topological polar surface area (TPSA) is 89.9 Å². The number of carboxylic acids is 1. The van der Waals surface area contributed by atoms with Gasteiger partial charge >= 0.3 is 5.97 Å². The fraction of sp³-hybridized carbons (Fsp3) is 0.417. The molecule has 1 unspecified atom stereocenters. The van der Waals surface area contributed by atoms with Crippen molar-refractivity contribution >= 4 is 15.8 Å². The summed E-state index contributed by atoms with van der Waals surface area (Å²) >= 11 is 0. The molecule has 0 aromatic heterocycles. The molecule has 6 nitrogen and oxygen atoms in total. The number of carboxylic acid groups (broad SMARTS) is 1. The van der Waals surface area contributed by atoms with Gasteiger partial charge in [0.05, 0.1) is 10.8 Å². The first-order chi connectivity index (χ1) is 8.79. The van der Waals surface area contributed by atoms with Gasteiger partial charge in [0.15, 0.2) is 21.3 Å². The number of ether oxygens (including phenoxy) is 2. The van der Waals surface area contributed by atoms with E-state index in [1.54, 1.807) is 0 Å². The molecule has 0 saturated carbocycles.